The maximum absolute atomic E-state index is 13.0. The van der Waals surface area contributed by atoms with Gasteiger partial charge in [0.2, 0.25) is 5.91 Å². The van der Waals surface area contributed by atoms with Gasteiger partial charge in [-0.05, 0) is 34.5 Å². The fraction of sp³-hybridized carbons (Fsp3) is 0.0556. The van der Waals surface area contributed by atoms with E-state index >= 15 is 0 Å². The SMILES string of the molecule is Nc1cc(F)ccc1NC(=O)Cc1ccc2ccccc2c1. The second kappa shape index (κ2) is 5.85. The summed E-state index contributed by atoms with van der Waals surface area (Å²) in [6.07, 6.45) is 0.238. The predicted octanol–water partition coefficient (Wildman–Crippen LogP) is 3.74. The number of nitrogens with one attached hydrogen (secondary N) is 1. The number of benzene rings is 3. The van der Waals surface area contributed by atoms with Gasteiger partial charge in [-0.3, -0.25) is 4.79 Å². The summed E-state index contributed by atoms with van der Waals surface area (Å²) < 4.78 is 13.0. The highest BCUT2D eigenvalue weighted by molar-refractivity contribution is 5.95. The molecular formula is C18H15FN2O. The van der Waals surface area contributed by atoms with Crippen molar-refractivity contribution in [3.8, 4) is 0 Å². The minimum absolute atomic E-state index is 0.186. The van der Waals surface area contributed by atoms with E-state index in [1.54, 1.807) is 0 Å². The zero-order chi connectivity index (χ0) is 15.5. The van der Waals surface area contributed by atoms with Gasteiger partial charge in [0.25, 0.3) is 0 Å². The number of nitrogen functional groups attached to an aromatic ring is 1. The molecule has 0 aliphatic heterocycles. The standard InChI is InChI=1S/C18H15FN2O/c19-15-7-8-17(16(20)11-15)21-18(22)10-12-5-6-13-3-1-2-4-14(13)9-12/h1-9,11H,10,20H2,(H,21,22). The summed E-state index contributed by atoms with van der Waals surface area (Å²) in [7, 11) is 0. The Labute approximate surface area is 127 Å². The third-order valence-electron chi connectivity index (χ3n) is 3.47. The van der Waals surface area contributed by atoms with Crippen LogP contribution in [0.3, 0.4) is 0 Å². The molecule has 3 N–H and O–H groups in total. The molecule has 0 fully saturated rings. The van der Waals surface area contributed by atoms with Gasteiger partial charge in [-0.25, -0.2) is 4.39 Å². The second-order valence-corrected chi connectivity index (χ2v) is 5.14. The number of carbonyl (C=O) groups is 1. The molecule has 0 bridgehead atoms. The number of fused-ring (bicyclic) bond motifs is 1. The number of hydrogen-bond donors (Lipinski definition) is 2. The average Bonchev–Trinajstić information content (AvgIpc) is 2.50. The van der Waals surface area contributed by atoms with E-state index < -0.39 is 5.82 Å². The maximum Gasteiger partial charge on any atom is 0.228 e. The van der Waals surface area contributed by atoms with E-state index in [1.165, 1.54) is 18.2 Å². The summed E-state index contributed by atoms with van der Waals surface area (Å²) in [5, 5.41) is 4.93. The number of carbonyl (C=O) groups excluding carboxylic acids is 1. The lowest BCUT2D eigenvalue weighted by atomic mass is 10.0. The summed E-state index contributed by atoms with van der Waals surface area (Å²) >= 11 is 0. The number of hydrogen-bond acceptors (Lipinski definition) is 2. The minimum atomic E-state index is -0.426. The molecule has 0 unspecified atom stereocenters. The highest BCUT2D eigenvalue weighted by Gasteiger charge is 2.07. The molecule has 0 aliphatic carbocycles. The molecule has 0 saturated heterocycles. The largest absolute Gasteiger partial charge is 0.397 e. The van der Waals surface area contributed by atoms with Crippen LogP contribution in [0.25, 0.3) is 10.8 Å². The lowest BCUT2D eigenvalue weighted by molar-refractivity contribution is -0.115. The van der Waals surface area contributed by atoms with Crippen molar-refractivity contribution in [3.05, 3.63) is 72.0 Å². The topological polar surface area (TPSA) is 55.1 Å². The molecule has 1 amide bonds. The quantitative estimate of drug-likeness (QED) is 0.723. The number of halogens is 1. The molecule has 3 aromatic carbocycles. The molecule has 110 valence electrons. The zero-order valence-corrected chi connectivity index (χ0v) is 11.8. The molecule has 3 nitrogen and oxygen atoms in total. The van der Waals surface area contributed by atoms with Crippen molar-refractivity contribution < 1.29 is 9.18 Å². The maximum atomic E-state index is 13.0. The van der Waals surface area contributed by atoms with Crippen LogP contribution in [0, 0.1) is 5.82 Å². The van der Waals surface area contributed by atoms with E-state index in [4.69, 9.17) is 5.73 Å². The Morgan fingerprint density at radius 2 is 1.77 bits per heavy atom. The molecule has 0 heterocycles. The van der Waals surface area contributed by atoms with Crippen LogP contribution in [-0.4, -0.2) is 5.91 Å². The smallest absolute Gasteiger partial charge is 0.228 e. The first-order chi connectivity index (χ1) is 10.6. The van der Waals surface area contributed by atoms with Crippen molar-refractivity contribution in [2.24, 2.45) is 0 Å². The van der Waals surface area contributed by atoms with E-state index in [2.05, 4.69) is 5.32 Å². The monoisotopic (exact) mass is 294 g/mol. The van der Waals surface area contributed by atoms with Crippen molar-refractivity contribution in [2.45, 2.75) is 6.42 Å². The number of anilines is 2. The Balaban J connectivity index is 1.75. The molecule has 0 aliphatic rings. The lowest BCUT2D eigenvalue weighted by Gasteiger charge is -2.09. The summed E-state index contributed by atoms with van der Waals surface area (Å²) in [5.41, 5.74) is 7.23. The van der Waals surface area contributed by atoms with Crippen LogP contribution >= 0.6 is 0 Å². The molecular weight excluding hydrogens is 279 g/mol. The molecule has 0 radical (unpaired) electrons. The molecule has 0 atom stereocenters. The number of nitrogens with two attached hydrogens (primary N) is 1. The van der Waals surface area contributed by atoms with Gasteiger partial charge >= 0.3 is 0 Å². The van der Waals surface area contributed by atoms with Crippen LogP contribution in [0.15, 0.2) is 60.7 Å². The molecule has 0 saturated carbocycles. The molecule has 4 heteroatoms. The van der Waals surface area contributed by atoms with Crippen molar-refractivity contribution in [2.75, 3.05) is 11.1 Å². The first kappa shape index (κ1) is 14.1. The van der Waals surface area contributed by atoms with Gasteiger partial charge < -0.3 is 11.1 Å². The highest BCUT2D eigenvalue weighted by Crippen LogP contribution is 2.20. The summed E-state index contributed by atoms with van der Waals surface area (Å²) in [6, 6.07) is 17.8. The van der Waals surface area contributed by atoms with Crippen molar-refractivity contribution in [1.29, 1.82) is 0 Å². The second-order valence-electron chi connectivity index (χ2n) is 5.14. The molecule has 22 heavy (non-hydrogen) atoms. The van der Waals surface area contributed by atoms with Gasteiger partial charge in [0.15, 0.2) is 0 Å². The predicted molar refractivity (Wildman–Crippen MR) is 87.1 cm³/mol. The average molecular weight is 294 g/mol. The van der Waals surface area contributed by atoms with Crippen molar-refractivity contribution in [3.63, 3.8) is 0 Å². The van der Waals surface area contributed by atoms with Crippen LogP contribution in [0.1, 0.15) is 5.56 Å². The normalized spacial score (nSPS) is 10.6. The number of rotatable bonds is 3. The fourth-order valence-electron chi connectivity index (χ4n) is 2.38. The van der Waals surface area contributed by atoms with Gasteiger partial charge in [-0.15, -0.1) is 0 Å². The Morgan fingerprint density at radius 3 is 2.55 bits per heavy atom. The molecule has 3 rings (SSSR count). The van der Waals surface area contributed by atoms with Crippen LogP contribution in [-0.2, 0) is 11.2 Å². The van der Waals surface area contributed by atoms with Gasteiger partial charge in [0.05, 0.1) is 17.8 Å². The lowest BCUT2D eigenvalue weighted by Crippen LogP contribution is -2.15. The van der Waals surface area contributed by atoms with Crippen LogP contribution < -0.4 is 11.1 Å². The van der Waals surface area contributed by atoms with E-state index in [1.807, 2.05) is 42.5 Å². The Bertz CT molecular complexity index is 845. The Morgan fingerprint density at radius 1 is 1.00 bits per heavy atom. The zero-order valence-electron chi connectivity index (χ0n) is 11.8. The molecule has 3 aromatic rings. The third-order valence-corrected chi connectivity index (χ3v) is 3.47. The third kappa shape index (κ3) is 3.06. The fourth-order valence-corrected chi connectivity index (χ4v) is 2.38. The minimum Gasteiger partial charge on any atom is -0.397 e. The van der Waals surface area contributed by atoms with Gasteiger partial charge in [0, 0.05) is 0 Å². The summed E-state index contributed by atoms with van der Waals surface area (Å²) in [6.45, 7) is 0. The summed E-state index contributed by atoms with van der Waals surface area (Å²) in [5.74, 6) is -0.612. The van der Waals surface area contributed by atoms with Gasteiger partial charge in [0.1, 0.15) is 5.82 Å². The van der Waals surface area contributed by atoms with Gasteiger partial charge in [-0.1, -0.05) is 42.5 Å². The first-order valence-corrected chi connectivity index (χ1v) is 6.94. The van der Waals surface area contributed by atoms with Crippen LogP contribution in [0.2, 0.25) is 0 Å². The van der Waals surface area contributed by atoms with Crippen LogP contribution in [0.5, 0.6) is 0 Å². The van der Waals surface area contributed by atoms with Crippen LogP contribution in [0.4, 0.5) is 15.8 Å². The Kier molecular flexibility index (Phi) is 3.74. The molecule has 0 spiro atoms. The van der Waals surface area contributed by atoms with Crippen molar-refractivity contribution >= 4 is 28.1 Å². The van der Waals surface area contributed by atoms with Crippen molar-refractivity contribution in [1.82, 2.24) is 0 Å². The first-order valence-electron chi connectivity index (χ1n) is 6.94. The Hall–Kier alpha value is -2.88. The summed E-state index contributed by atoms with van der Waals surface area (Å²) in [4.78, 5) is 12.1. The van der Waals surface area contributed by atoms with E-state index in [0.29, 0.717) is 5.69 Å². The van der Waals surface area contributed by atoms with E-state index in [-0.39, 0.29) is 18.0 Å². The van der Waals surface area contributed by atoms with E-state index in [9.17, 15) is 9.18 Å². The molecule has 0 aromatic heterocycles. The van der Waals surface area contributed by atoms with Gasteiger partial charge in [-0.2, -0.15) is 0 Å². The highest BCUT2D eigenvalue weighted by atomic mass is 19.1. The van der Waals surface area contributed by atoms with E-state index in [0.717, 1.165) is 16.3 Å². The number of amides is 1.